The molecule has 0 fully saturated rings. The number of nitriles is 1. The van der Waals surface area contributed by atoms with Crippen LogP contribution in [-0.2, 0) is 5.41 Å². The molecule has 12 heteroatoms. The van der Waals surface area contributed by atoms with Crippen LogP contribution in [0.5, 0.6) is 5.75 Å². The van der Waals surface area contributed by atoms with E-state index in [0.29, 0.717) is 6.07 Å². The Hall–Kier alpha value is -3.59. The Bertz CT molecular complexity index is 1420. The summed E-state index contributed by atoms with van der Waals surface area (Å²) in [6.45, 7) is 3.95. The quantitative estimate of drug-likeness (QED) is 0.429. The fraction of sp³-hybridized carbons (Fsp3) is 0.348. The number of halogens is 6. The fourth-order valence-electron chi connectivity index (χ4n) is 4.76. The van der Waals surface area contributed by atoms with Crippen molar-refractivity contribution >= 4 is 16.6 Å². The van der Waals surface area contributed by atoms with Crippen molar-refractivity contribution in [3.8, 4) is 11.8 Å². The highest BCUT2D eigenvalue weighted by molar-refractivity contribution is 5.91. The van der Waals surface area contributed by atoms with Gasteiger partial charge in [0.2, 0.25) is 0 Å². The Morgan fingerprint density at radius 3 is 2.43 bits per heavy atom. The molecule has 6 nitrogen and oxygen atoms in total. The first-order valence-corrected chi connectivity index (χ1v) is 10.3. The number of aliphatic hydroxyl groups is 1. The van der Waals surface area contributed by atoms with Crippen LogP contribution in [0.3, 0.4) is 0 Å². The normalized spacial score (nSPS) is 21.5. The van der Waals surface area contributed by atoms with E-state index in [-0.39, 0.29) is 22.5 Å². The first-order valence-electron chi connectivity index (χ1n) is 10.3. The van der Waals surface area contributed by atoms with Crippen LogP contribution < -0.4 is 5.32 Å². The van der Waals surface area contributed by atoms with Gasteiger partial charge in [-0.25, -0.2) is 23.1 Å². The van der Waals surface area contributed by atoms with Crippen molar-refractivity contribution in [1.29, 1.82) is 5.26 Å². The van der Waals surface area contributed by atoms with Gasteiger partial charge in [-0.15, -0.1) is 0 Å². The number of hydrogen-bond donors (Lipinski definition) is 3. The zero-order valence-electron chi connectivity index (χ0n) is 18.5. The Labute approximate surface area is 194 Å². The minimum absolute atomic E-state index is 0.0727. The number of aromatic nitrogens is 2. The molecule has 4 rings (SSSR count). The number of hydrogen-bond acceptors (Lipinski definition) is 6. The van der Waals surface area contributed by atoms with Gasteiger partial charge in [0.15, 0.2) is 28.8 Å². The number of benzene rings is 2. The average Bonchev–Trinajstić information content (AvgIpc) is 2.75. The molecule has 0 saturated carbocycles. The van der Waals surface area contributed by atoms with Gasteiger partial charge in [-0.3, -0.25) is 0 Å². The number of nitrogens with zero attached hydrogens (tertiary/aromatic N) is 3. The molecular formula is C23H18F6N4O2. The van der Waals surface area contributed by atoms with Gasteiger partial charge in [0.1, 0.15) is 17.4 Å². The van der Waals surface area contributed by atoms with Crippen LogP contribution in [0.15, 0.2) is 18.3 Å². The highest BCUT2D eigenvalue weighted by Gasteiger charge is 2.64. The molecule has 3 N–H and O–H groups in total. The number of anilines is 1. The lowest BCUT2D eigenvalue weighted by Crippen LogP contribution is -2.58. The van der Waals surface area contributed by atoms with Gasteiger partial charge in [0, 0.05) is 28.9 Å². The summed E-state index contributed by atoms with van der Waals surface area (Å²) >= 11 is 0. The molecule has 1 aromatic heterocycles. The SMILES string of the molecule is Cc1ncc2c(NC3c4cc(C#N)c(F)c(O)c4C(C)(C)CC3(O)C(F)(F)F)cc(F)c(F)c2n1. The van der Waals surface area contributed by atoms with E-state index in [1.54, 1.807) is 0 Å². The van der Waals surface area contributed by atoms with E-state index in [2.05, 4.69) is 15.3 Å². The maximum absolute atomic E-state index is 14.6. The van der Waals surface area contributed by atoms with Crippen LogP contribution in [0, 0.1) is 35.7 Å². The number of phenols is 1. The molecule has 3 aromatic rings. The minimum Gasteiger partial charge on any atom is -0.505 e. The van der Waals surface area contributed by atoms with Crippen LogP contribution in [0.4, 0.5) is 32.0 Å². The number of rotatable bonds is 2. The maximum Gasteiger partial charge on any atom is 0.419 e. The van der Waals surface area contributed by atoms with Crippen LogP contribution in [-0.4, -0.2) is 32.0 Å². The monoisotopic (exact) mass is 496 g/mol. The lowest BCUT2D eigenvalue weighted by molar-refractivity contribution is -0.276. The largest absolute Gasteiger partial charge is 0.505 e. The van der Waals surface area contributed by atoms with Gasteiger partial charge < -0.3 is 15.5 Å². The lowest BCUT2D eigenvalue weighted by Gasteiger charge is -2.49. The number of aryl methyl sites for hydroxylation is 1. The van der Waals surface area contributed by atoms with Crippen molar-refractivity contribution < 1.29 is 36.6 Å². The summed E-state index contributed by atoms with van der Waals surface area (Å²) in [5, 5.41) is 33.0. The molecule has 184 valence electrons. The predicted octanol–water partition coefficient (Wildman–Crippen LogP) is 5.06. The van der Waals surface area contributed by atoms with Gasteiger partial charge in [-0.1, -0.05) is 13.8 Å². The van der Waals surface area contributed by atoms with Crippen molar-refractivity contribution in [2.24, 2.45) is 0 Å². The molecular weight excluding hydrogens is 478 g/mol. The maximum atomic E-state index is 14.6. The van der Waals surface area contributed by atoms with Gasteiger partial charge in [-0.05, 0) is 30.4 Å². The second kappa shape index (κ2) is 7.71. The number of fused-ring (bicyclic) bond motifs is 2. The van der Waals surface area contributed by atoms with E-state index < -0.39 is 69.5 Å². The summed E-state index contributed by atoms with van der Waals surface area (Å²) in [5.74, 6) is -5.06. The molecule has 0 radical (unpaired) electrons. The van der Waals surface area contributed by atoms with Gasteiger partial charge in [0.05, 0.1) is 11.6 Å². The summed E-state index contributed by atoms with van der Waals surface area (Å²) in [5.41, 5.74) is -7.48. The minimum atomic E-state index is -5.27. The van der Waals surface area contributed by atoms with Crippen LogP contribution in [0.1, 0.15) is 48.8 Å². The van der Waals surface area contributed by atoms with Crippen molar-refractivity contribution in [2.45, 2.75) is 50.4 Å². The van der Waals surface area contributed by atoms with Crippen molar-refractivity contribution in [3.05, 3.63) is 58.3 Å². The highest BCUT2D eigenvalue weighted by Crippen LogP contribution is 2.57. The standard InChI is InChI=1S/C23H18F6N4O2/c1-9-31-7-12-14(5-13(24)17(26)18(12)32-9)33-20-11-4-10(6-30)16(25)19(34)15(11)21(2,3)8-22(20,35)23(27,28)29/h4-5,7,20,33-35H,8H2,1-3H3. The third-order valence-electron chi connectivity index (χ3n) is 6.25. The van der Waals surface area contributed by atoms with E-state index in [0.717, 1.165) is 12.3 Å². The van der Waals surface area contributed by atoms with Crippen LogP contribution in [0.25, 0.3) is 10.9 Å². The number of aromatic hydroxyl groups is 1. The molecule has 2 aromatic carbocycles. The number of alkyl halides is 3. The molecule has 2 unspecified atom stereocenters. The molecule has 1 heterocycles. The number of phenolic OH excluding ortho intramolecular Hbond substituents is 1. The van der Waals surface area contributed by atoms with Gasteiger partial charge >= 0.3 is 6.18 Å². The topological polar surface area (TPSA) is 102 Å². The Kier molecular flexibility index (Phi) is 5.40. The third kappa shape index (κ3) is 3.61. The Morgan fingerprint density at radius 1 is 1.17 bits per heavy atom. The van der Waals surface area contributed by atoms with Crippen molar-refractivity contribution in [1.82, 2.24) is 9.97 Å². The fourth-order valence-corrected chi connectivity index (χ4v) is 4.76. The molecule has 0 saturated heterocycles. The van der Waals surface area contributed by atoms with Crippen LogP contribution in [0.2, 0.25) is 0 Å². The van der Waals surface area contributed by atoms with E-state index in [1.165, 1.54) is 26.8 Å². The van der Waals surface area contributed by atoms with Crippen molar-refractivity contribution in [3.63, 3.8) is 0 Å². The zero-order valence-corrected chi connectivity index (χ0v) is 18.5. The summed E-state index contributed by atoms with van der Waals surface area (Å²) in [6.07, 6.45) is -5.21. The smallest absolute Gasteiger partial charge is 0.419 e. The second-order valence-electron chi connectivity index (χ2n) is 9.12. The molecule has 0 bridgehead atoms. The summed E-state index contributed by atoms with van der Waals surface area (Å²) < 4.78 is 86.4. The molecule has 0 amide bonds. The van der Waals surface area contributed by atoms with E-state index in [1.807, 2.05) is 0 Å². The third-order valence-corrected chi connectivity index (χ3v) is 6.25. The molecule has 1 aliphatic rings. The summed E-state index contributed by atoms with van der Waals surface area (Å²) in [6, 6.07) is 0.686. The molecule has 35 heavy (non-hydrogen) atoms. The average molecular weight is 496 g/mol. The van der Waals surface area contributed by atoms with Gasteiger partial charge in [0.25, 0.3) is 0 Å². The molecule has 0 aliphatic heterocycles. The van der Waals surface area contributed by atoms with Crippen LogP contribution >= 0.6 is 0 Å². The molecule has 0 spiro atoms. The highest BCUT2D eigenvalue weighted by atomic mass is 19.4. The Morgan fingerprint density at radius 2 is 1.83 bits per heavy atom. The lowest BCUT2D eigenvalue weighted by atomic mass is 9.63. The Balaban J connectivity index is 2.05. The van der Waals surface area contributed by atoms with E-state index in [4.69, 9.17) is 0 Å². The first-order chi connectivity index (χ1) is 16.1. The van der Waals surface area contributed by atoms with Gasteiger partial charge in [-0.2, -0.15) is 18.4 Å². The molecule has 1 aliphatic carbocycles. The zero-order chi connectivity index (χ0) is 26.1. The second-order valence-corrected chi connectivity index (χ2v) is 9.12. The predicted molar refractivity (Wildman–Crippen MR) is 112 cm³/mol. The summed E-state index contributed by atoms with van der Waals surface area (Å²) in [7, 11) is 0. The van der Waals surface area contributed by atoms with E-state index >= 15 is 0 Å². The van der Waals surface area contributed by atoms with E-state index in [9.17, 15) is 41.8 Å². The summed E-state index contributed by atoms with van der Waals surface area (Å²) in [4.78, 5) is 7.69. The molecule has 2 atom stereocenters. The number of nitrogens with one attached hydrogen (secondary N) is 1. The first kappa shape index (κ1) is 24.5. The van der Waals surface area contributed by atoms with Crippen molar-refractivity contribution in [2.75, 3.05) is 5.32 Å².